The van der Waals surface area contributed by atoms with E-state index in [0.717, 1.165) is 39.4 Å². The fourth-order valence-corrected chi connectivity index (χ4v) is 3.33. The topological polar surface area (TPSA) is 54.0 Å². The molecule has 1 aliphatic rings. The van der Waals surface area contributed by atoms with Crippen molar-refractivity contribution in [2.45, 2.75) is 4.90 Å². The molecule has 1 heterocycles. The maximum atomic E-state index is 12.2. The van der Waals surface area contributed by atoms with Crippen LogP contribution in [0.1, 0.15) is 11.1 Å². The van der Waals surface area contributed by atoms with Gasteiger partial charge in [0.2, 0.25) is 0 Å². The molecule has 0 fully saturated rings. The van der Waals surface area contributed by atoms with Gasteiger partial charge in [-0.3, -0.25) is 0 Å². The molecule has 0 amide bonds. The summed E-state index contributed by atoms with van der Waals surface area (Å²) in [5.41, 5.74) is 2.78. The van der Waals surface area contributed by atoms with E-state index in [-0.39, 0.29) is 12.6 Å². The van der Waals surface area contributed by atoms with E-state index in [1.165, 1.54) is 7.11 Å². The highest BCUT2D eigenvalue weighted by Crippen LogP contribution is 2.37. The Morgan fingerprint density at radius 3 is 2.52 bits per heavy atom. The van der Waals surface area contributed by atoms with Crippen LogP contribution in [0.3, 0.4) is 0 Å². The van der Waals surface area contributed by atoms with Gasteiger partial charge >= 0.3 is 5.97 Å². The summed E-state index contributed by atoms with van der Waals surface area (Å²) >= 11 is 7.46. The van der Waals surface area contributed by atoms with Gasteiger partial charge in [-0.15, -0.1) is 0 Å². The predicted octanol–water partition coefficient (Wildman–Crippen LogP) is 4.40. The number of carbonyl (C=O) groups excluding carboxylic acids is 1. The van der Waals surface area contributed by atoms with Crippen LogP contribution in [0, 0.1) is 0 Å². The van der Waals surface area contributed by atoms with Crippen LogP contribution < -0.4 is 4.74 Å². The van der Waals surface area contributed by atoms with Crippen LogP contribution in [-0.4, -0.2) is 26.8 Å². The molecule has 0 spiro atoms. The maximum absolute atomic E-state index is 12.2. The first-order valence-corrected chi connectivity index (χ1v) is 8.48. The summed E-state index contributed by atoms with van der Waals surface area (Å²) in [7, 11) is 3.02. The monoisotopic (exact) mass is 378 g/mol. The zero-order valence-electron chi connectivity index (χ0n) is 13.6. The Labute approximate surface area is 154 Å². The van der Waals surface area contributed by atoms with Crippen molar-refractivity contribution in [3.8, 4) is 5.75 Å². The quantitative estimate of drug-likeness (QED) is 0.321. The van der Waals surface area contributed by atoms with E-state index in [1.54, 1.807) is 25.3 Å². The molecule has 0 saturated carbocycles. The highest BCUT2D eigenvalue weighted by Gasteiger charge is 2.28. The van der Waals surface area contributed by atoms with Crippen molar-refractivity contribution in [2.75, 3.05) is 20.8 Å². The van der Waals surface area contributed by atoms with Crippen molar-refractivity contribution in [2.24, 2.45) is 0 Å². The van der Waals surface area contributed by atoms with Crippen molar-refractivity contribution in [1.82, 2.24) is 0 Å². The fourth-order valence-electron chi connectivity index (χ4n) is 2.53. The zero-order chi connectivity index (χ0) is 17.8. The molecule has 0 N–H and O–H groups in total. The number of carbonyl (C=O) groups is 1. The molecule has 0 saturated heterocycles. The molecule has 0 bridgehead atoms. The van der Waals surface area contributed by atoms with Gasteiger partial charge in [-0.2, -0.15) is 4.33 Å². The molecular formula is C18H15ClO5S. The van der Waals surface area contributed by atoms with Crippen LogP contribution in [0.5, 0.6) is 5.75 Å². The number of halogens is 1. The fraction of sp³-hybridized carbons (Fsp3) is 0.167. The van der Waals surface area contributed by atoms with Crippen molar-refractivity contribution in [1.29, 1.82) is 0 Å². The summed E-state index contributed by atoms with van der Waals surface area (Å²) in [5, 5.41) is 0.504. The first-order valence-electron chi connectivity index (χ1n) is 7.36. The normalized spacial score (nSPS) is 14.0. The zero-order valence-corrected chi connectivity index (χ0v) is 15.1. The van der Waals surface area contributed by atoms with Crippen LogP contribution >= 0.6 is 23.6 Å². The van der Waals surface area contributed by atoms with Gasteiger partial charge in [-0.1, -0.05) is 29.8 Å². The lowest BCUT2D eigenvalue weighted by molar-refractivity contribution is -0.160. The summed E-state index contributed by atoms with van der Waals surface area (Å²) < 4.78 is 15.2. The van der Waals surface area contributed by atoms with E-state index in [4.69, 9.17) is 25.4 Å². The Bertz CT molecular complexity index is 817. The molecule has 0 unspecified atom stereocenters. The average molecular weight is 379 g/mol. The van der Waals surface area contributed by atoms with Crippen molar-refractivity contribution < 1.29 is 23.5 Å². The number of methoxy groups -OCH3 is 1. The molecule has 1 aliphatic heterocycles. The van der Waals surface area contributed by atoms with Crippen molar-refractivity contribution in [3.05, 3.63) is 58.6 Å². The highest BCUT2D eigenvalue weighted by molar-refractivity contribution is 7.94. The van der Waals surface area contributed by atoms with Gasteiger partial charge in [0.15, 0.2) is 0 Å². The van der Waals surface area contributed by atoms with E-state index in [0.29, 0.717) is 10.6 Å². The second-order valence-corrected chi connectivity index (χ2v) is 6.30. The van der Waals surface area contributed by atoms with E-state index in [2.05, 4.69) is 4.89 Å². The molecule has 0 radical (unpaired) electrons. The molecule has 0 aromatic heterocycles. The Morgan fingerprint density at radius 2 is 1.88 bits per heavy atom. The molecule has 2 aromatic rings. The lowest BCUT2D eigenvalue weighted by Gasteiger charge is -2.09. The van der Waals surface area contributed by atoms with E-state index in [9.17, 15) is 4.79 Å². The van der Waals surface area contributed by atoms with Gasteiger partial charge < -0.3 is 9.47 Å². The molecule has 5 nitrogen and oxygen atoms in total. The lowest BCUT2D eigenvalue weighted by atomic mass is 9.96. The van der Waals surface area contributed by atoms with Gasteiger partial charge in [-0.05, 0) is 29.8 Å². The number of rotatable bonds is 6. The summed E-state index contributed by atoms with van der Waals surface area (Å²) in [6.45, 7) is 0.182. The SMILES string of the molecule is COOSc1ccc(C2=C(c3ccc(OC)cc3)C(=O)OC2)c(Cl)c1. The minimum absolute atomic E-state index is 0.182. The number of ether oxygens (including phenoxy) is 2. The van der Waals surface area contributed by atoms with E-state index in [1.807, 2.05) is 24.3 Å². The summed E-state index contributed by atoms with van der Waals surface area (Å²) in [6, 6.07) is 12.7. The Hall–Kier alpha value is -1.99. The number of hydrogen-bond acceptors (Lipinski definition) is 6. The van der Waals surface area contributed by atoms with Crippen LogP contribution in [0.2, 0.25) is 5.02 Å². The second-order valence-electron chi connectivity index (χ2n) is 5.12. The molecule has 0 aliphatic carbocycles. The van der Waals surface area contributed by atoms with Crippen LogP contribution in [0.4, 0.5) is 0 Å². The Kier molecular flexibility index (Phi) is 5.65. The first-order chi connectivity index (χ1) is 12.1. The van der Waals surface area contributed by atoms with Crippen LogP contribution in [0.15, 0.2) is 47.4 Å². The van der Waals surface area contributed by atoms with Crippen molar-refractivity contribution in [3.63, 3.8) is 0 Å². The van der Waals surface area contributed by atoms with E-state index < -0.39 is 0 Å². The first kappa shape index (κ1) is 17.8. The lowest BCUT2D eigenvalue weighted by Crippen LogP contribution is -1.98. The molecule has 130 valence electrons. The van der Waals surface area contributed by atoms with E-state index >= 15 is 0 Å². The van der Waals surface area contributed by atoms with Crippen LogP contribution in [-0.2, 0) is 18.8 Å². The van der Waals surface area contributed by atoms with Crippen LogP contribution in [0.25, 0.3) is 11.1 Å². The maximum Gasteiger partial charge on any atom is 0.339 e. The predicted molar refractivity (Wildman–Crippen MR) is 96.2 cm³/mol. The van der Waals surface area contributed by atoms with Gasteiger partial charge in [0, 0.05) is 21.1 Å². The number of cyclic esters (lactones) is 1. The molecule has 3 rings (SSSR count). The third kappa shape index (κ3) is 3.82. The third-order valence-electron chi connectivity index (χ3n) is 3.70. The van der Waals surface area contributed by atoms with Gasteiger partial charge in [0.1, 0.15) is 12.4 Å². The van der Waals surface area contributed by atoms with Gasteiger partial charge in [0.05, 0.1) is 31.8 Å². The number of hydrogen-bond donors (Lipinski definition) is 0. The third-order valence-corrected chi connectivity index (χ3v) is 4.66. The minimum Gasteiger partial charge on any atom is -0.497 e. The molecule has 0 atom stereocenters. The Morgan fingerprint density at radius 1 is 1.12 bits per heavy atom. The highest BCUT2D eigenvalue weighted by atomic mass is 35.5. The van der Waals surface area contributed by atoms with Gasteiger partial charge in [0.25, 0.3) is 0 Å². The molecule has 25 heavy (non-hydrogen) atoms. The summed E-state index contributed by atoms with van der Waals surface area (Å²) in [5.74, 6) is 0.354. The molecule has 2 aromatic carbocycles. The Balaban J connectivity index is 2.00. The summed E-state index contributed by atoms with van der Waals surface area (Å²) in [6.07, 6.45) is 0. The number of esters is 1. The molecule has 7 heteroatoms. The molecular weight excluding hydrogens is 364 g/mol. The summed E-state index contributed by atoms with van der Waals surface area (Å²) in [4.78, 5) is 17.6. The van der Waals surface area contributed by atoms with Gasteiger partial charge in [-0.25, -0.2) is 9.68 Å². The van der Waals surface area contributed by atoms with Crippen molar-refractivity contribution >= 4 is 40.8 Å². The minimum atomic E-state index is -0.364. The number of benzene rings is 2. The largest absolute Gasteiger partial charge is 0.497 e. The smallest absolute Gasteiger partial charge is 0.339 e. The average Bonchev–Trinajstić information content (AvgIpc) is 3.01. The standard InChI is InChI=1S/C18H15ClO5S/c1-21-12-5-3-11(4-6-12)17-15(10-23-18(17)20)14-8-7-13(9-16(14)19)25-24-22-2/h3-9H,10H2,1-2H3. The second kappa shape index (κ2) is 7.93.